The van der Waals surface area contributed by atoms with Gasteiger partial charge in [0.1, 0.15) is 17.1 Å². The number of carbonyl (C=O) groups is 1. The molecule has 1 saturated heterocycles. The molecule has 1 unspecified atom stereocenters. The molecule has 0 aliphatic carbocycles. The summed E-state index contributed by atoms with van der Waals surface area (Å²) in [6, 6.07) is 9.44. The SMILES string of the molecule is COc1cc2c(C(OC(C)=O)c3ccc4c(c3OC)C=CC(C)(C)O4)ccnc2cc1OCCCN1CCN(C)CC1. The number of rotatable bonds is 10. The molecule has 1 aromatic heterocycles. The van der Waals surface area contributed by atoms with Crippen molar-refractivity contribution in [3.63, 3.8) is 0 Å². The molecule has 1 atom stereocenters. The molecule has 5 rings (SSSR count). The van der Waals surface area contributed by atoms with Gasteiger partial charge in [0, 0.05) is 68.4 Å². The normalized spacial score (nSPS) is 17.3. The number of carbonyl (C=O) groups excluding carboxylic acids is 1. The molecule has 0 spiro atoms. The zero-order valence-electron chi connectivity index (χ0n) is 25.4. The van der Waals surface area contributed by atoms with Gasteiger partial charge in [0.2, 0.25) is 0 Å². The Balaban J connectivity index is 1.45. The maximum atomic E-state index is 12.4. The van der Waals surface area contributed by atoms with Crippen LogP contribution < -0.4 is 18.9 Å². The maximum absolute atomic E-state index is 12.4. The highest BCUT2D eigenvalue weighted by atomic mass is 16.5. The molecule has 9 heteroatoms. The number of aromatic nitrogens is 1. The van der Waals surface area contributed by atoms with E-state index in [1.807, 2.05) is 56.3 Å². The van der Waals surface area contributed by atoms with Crippen molar-refractivity contribution in [2.45, 2.75) is 38.9 Å². The van der Waals surface area contributed by atoms with Gasteiger partial charge in [0.15, 0.2) is 17.6 Å². The monoisotopic (exact) mass is 575 g/mol. The average molecular weight is 576 g/mol. The molecule has 3 heterocycles. The molecule has 0 N–H and O–H groups in total. The number of nitrogens with zero attached hydrogens (tertiary/aromatic N) is 3. The number of benzene rings is 2. The van der Waals surface area contributed by atoms with Crippen LogP contribution in [0.5, 0.6) is 23.0 Å². The van der Waals surface area contributed by atoms with Crippen LogP contribution in [0.4, 0.5) is 0 Å². The summed E-state index contributed by atoms with van der Waals surface area (Å²) in [7, 11) is 5.40. The fourth-order valence-corrected chi connectivity index (χ4v) is 5.56. The van der Waals surface area contributed by atoms with E-state index in [0.29, 0.717) is 40.7 Å². The van der Waals surface area contributed by atoms with Gasteiger partial charge in [-0.15, -0.1) is 0 Å². The summed E-state index contributed by atoms with van der Waals surface area (Å²) in [6.07, 6.45) is 5.86. The van der Waals surface area contributed by atoms with Gasteiger partial charge in [-0.05, 0) is 63.7 Å². The molecule has 2 aromatic carbocycles. The highest BCUT2D eigenvalue weighted by Crippen LogP contribution is 2.45. The van der Waals surface area contributed by atoms with E-state index < -0.39 is 17.7 Å². The Morgan fingerprint density at radius 3 is 2.55 bits per heavy atom. The molecule has 2 aliphatic heterocycles. The Morgan fingerprint density at radius 2 is 1.83 bits per heavy atom. The quantitative estimate of drug-likeness (QED) is 0.242. The van der Waals surface area contributed by atoms with E-state index in [1.54, 1.807) is 20.4 Å². The van der Waals surface area contributed by atoms with Gasteiger partial charge < -0.3 is 33.5 Å². The van der Waals surface area contributed by atoms with Crippen molar-refractivity contribution in [2.24, 2.45) is 0 Å². The van der Waals surface area contributed by atoms with Crippen LogP contribution in [0.15, 0.2) is 42.6 Å². The van der Waals surface area contributed by atoms with Crippen LogP contribution in [0.1, 0.15) is 50.0 Å². The lowest BCUT2D eigenvalue weighted by molar-refractivity contribution is -0.144. The summed E-state index contributed by atoms with van der Waals surface area (Å²) >= 11 is 0. The van der Waals surface area contributed by atoms with Gasteiger partial charge in [0.05, 0.1) is 31.9 Å². The van der Waals surface area contributed by atoms with Crippen molar-refractivity contribution < 1.29 is 28.5 Å². The van der Waals surface area contributed by atoms with E-state index in [2.05, 4.69) is 21.8 Å². The lowest BCUT2D eigenvalue weighted by Gasteiger charge is -2.32. The molecule has 0 amide bonds. The number of pyridine rings is 1. The molecular formula is C33H41N3O6. The number of hydrogen-bond acceptors (Lipinski definition) is 9. The fourth-order valence-electron chi connectivity index (χ4n) is 5.56. The van der Waals surface area contributed by atoms with Gasteiger partial charge >= 0.3 is 5.97 Å². The zero-order valence-corrected chi connectivity index (χ0v) is 25.4. The number of fused-ring (bicyclic) bond motifs is 2. The third kappa shape index (κ3) is 6.47. The van der Waals surface area contributed by atoms with Gasteiger partial charge in [0.25, 0.3) is 0 Å². The molecule has 1 fully saturated rings. The minimum atomic E-state index is -0.753. The minimum absolute atomic E-state index is 0.412. The summed E-state index contributed by atoms with van der Waals surface area (Å²) in [4.78, 5) is 21.8. The third-order valence-corrected chi connectivity index (χ3v) is 7.80. The van der Waals surface area contributed by atoms with Gasteiger partial charge in [-0.1, -0.05) is 0 Å². The van der Waals surface area contributed by atoms with Crippen molar-refractivity contribution >= 4 is 22.9 Å². The number of ether oxygens (including phenoxy) is 5. The Kier molecular flexibility index (Phi) is 8.89. The first-order valence-electron chi connectivity index (χ1n) is 14.5. The van der Waals surface area contributed by atoms with Gasteiger partial charge in [-0.2, -0.15) is 0 Å². The zero-order chi connectivity index (χ0) is 29.9. The predicted octanol–water partition coefficient (Wildman–Crippen LogP) is 5.11. The van der Waals surface area contributed by atoms with E-state index in [9.17, 15) is 4.79 Å². The fraction of sp³-hybridized carbons (Fsp3) is 0.455. The second-order valence-corrected chi connectivity index (χ2v) is 11.4. The second-order valence-electron chi connectivity index (χ2n) is 11.4. The third-order valence-electron chi connectivity index (χ3n) is 7.80. The molecule has 2 aliphatic rings. The topological polar surface area (TPSA) is 82.6 Å². The van der Waals surface area contributed by atoms with E-state index in [-0.39, 0.29) is 0 Å². The number of esters is 1. The molecule has 9 nitrogen and oxygen atoms in total. The molecule has 0 bridgehead atoms. The Bertz CT molecular complexity index is 1460. The molecule has 0 radical (unpaired) electrons. The van der Waals surface area contributed by atoms with Gasteiger partial charge in [-0.25, -0.2) is 0 Å². The second kappa shape index (κ2) is 12.6. The largest absolute Gasteiger partial charge is 0.496 e. The summed E-state index contributed by atoms with van der Waals surface area (Å²) in [5, 5.41) is 0.790. The van der Waals surface area contributed by atoms with E-state index >= 15 is 0 Å². The first-order chi connectivity index (χ1) is 20.2. The van der Waals surface area contributed by atoms with E-state index in [1.165, 1.54) is 6.92 Å². The van der Waals surface area contributed by atoms with Crippen LogP contribution in [0.3, 0.4) is 0 Å². The molecule has 0 saturated carbocycles. The minimum Gasteiger partial charge on any atom is -0.496 e. The van der Waals surface area contributed by atoms with Crippen molar-refractivity contribution in [1.29, 1.82) is 0 Å². The first-order valence-corrected chi connectivity index (χ1v) is 14.5. The number of hydrogen-bond donors (Lipinski definition) is 0. The van der Waals surface area contributed by atoms with E-state index in [4.69, 9.17) is 23.7 Å². The van der Waals surface area contributed by atoms with Crippen LogP contribution in [-0.2, 0) is 9.53 Å². The Hall–Kier alpha value is -3.82. The van der Waals surface area contributed by atoms with E-state index in [0.717, 1.165) is 55.7 Å². The molecule has 3 aromatic rings. The lowest BCUT2D eigenvalue weighted by atomic mass is 9.93. The predicted molar refractivity (Wildman–Crippen MR) is 163 cm³/mol. The molecular weight excluding hydrogens is 534 g/mol. The number of methoxy groups -OCH3 is 2. The van der Waals surface area contributed by atoms with Crippen LogP contribution in [0.25, 0.3) is 17.0 Å². The molecule has 224 valence electrons. The van der Waals surface area contributed by atoms with Crippen molar-refractivity contribution in [2.75, 3.05) is 60.6 Å². The highest BCUT2D eigenvalue weighted by molar-refractivity contribution is 5.87. The first kappa shape index (κ1) is 29.7. The van der Waals surface area contributed by atoms with Crippen LogP contribution in [0.2, 0.25) is 0 Å². The summed E-state index contributed by atoms with van der Waals surface area (Å²) in [5.41, 5.74) is 2.54. The van der Waals surface area contributed by atoms with Crippen molar-refractivity contribution in [3.05, 3.63) is 59.3 Å². The van der Waals surface area contributed by atoms with Crippen LogP contribution in [-0.4, -0.2) is 87.0 Å². The smallest absolute Gasteiger partial charge is 0.303 e. The number of piperazine rings is 1. The lowest BCUT2D eigenvalue weighted by Crippen LogP contribution is -2.44. The Labute approximate surface area is 248 Å². The average Bonchev–Trinajstić information content (AvgIpc) is 2.97. The van der Waals surface area contributed by atoms with Crippen LogP contribution in [0, 0.1) is 0 Å². The maximum Gasteiger partial charge on any atom is 0.303 e. The van der Waals surface area contributed by atoms with Gasteiger partial charge in [-0.3, -0.25) is 9.78 Å². The molecule has 42 heavy (non-hydrogen) atoms. The summed E-state index contributed by atoms with van der Waals surface area (Å²) < 4.78 is 29.9. The standard InChI is InChI=1S/C33H41N3O6/c1-22(37)41-32(25-8-9-28-24(31(25)39-6)10-12-33(2,3)42-28)23-11-13-34-27-21-30(29(38-5)20-26(23)27)40-19-7-14-36-17-15-35(4)16-18-36/h8-13,20-21,32H,7,14-19H2,1-6H3. The van der Waals surface area contributed by atoms with Crippen molar-refractivity contribution in [1.82, 2.24) is 14.8 Å². The van der Waals surface area contributed by atoms with Crippen molar-refractivity contribution in [3.8, 4) is 23.0 Å². The highest BCUT2D eigenvalue weighted by Gasteiger charge is 2.30. The van der Waals surface area contributed by atoms with Crippen LogP contribution >= 0.6 is 0 Å². The Morgan fingerprint density at radius 1 is 1.05 bits per heavy atom. The summed E-state index contributed by atoms with van der Waals surface area (Å²) in [5.74, 6) is 2.11. The number of likely N-dealkylation sites (N-methyl/N-ethyl adjacent to an activating group) is 1. The summed E-state index contributed by atoms with van der Waals surface area (Å²) in [6.45, 7) is 11.3.